The van der Waals surface area contributed by atoms with Crippen molar-refractivity contribution in [2.24, 2.45) is 0 Å². The average Bonchev–Trinajstić information content (AvgIpc) is 2.15. The largest absolute Gasteiger partial charge is 0.354 e. The van der Waals surface area contributed by atoms with Crippen molar-refractivity contribution >= 4 is 5.95 Å². The van der Waals surface area contributed by atoms with Gasteiger partial charge in [0.25, 0.3) is 0 Å². The number of hydrogen-bond donors (Lipinski definition) is 1. The number of halogens is 1. The van der Waals surface area contributed by atoms with Crippen LogP contribution in [0.4, 0.5) is 10.3 Å². The summed E-state index contributed by atoms with van der Waals surface area (Å²) in [5, 5.41) is 2.98. The van der Waals surface area contributed by atoms with Gasteiger partial charge in [0.1, 0.15) is 6.67 Å². The van der Waals surface area contributed by atoms with Gasteiger partial charge in [-0.1, -0.05) is 6.92 Å². The highest BCUT2D eigenvalue weighted by atomic mass is 19.1. The third-order valence-electron chi connectivity index (χ3n) is 1.38. The van der Waals surface area contributed by atoms with E-state index in [1.807, 2.05) is 6.92 Å². The van der Waals surface area contributed by atoms with E-state index in [0.717, 1.165) is 13.0 Å². The van der Waals surface area contributed by atoms with Gasteiger partial charge in [-0.05, 0) is 12.5 Å². The van der Waals surface area contributed by atoms with Crippen molar-refractivity contribution in [3.05, 3.63) is 18.0 Å². The van der Waals surface area contributed by atoms with E-state index in [-0.39, 0.29) is 0 Å². The number of alkyl halides is 1. The van der Waals surface area contributed by atoms with E-state index in [2.05, 4.69) is 15.3 Å². The van der Waals surface area contributed by atoms with Crippen LogP contribution in [-0.4, -0.2) is 16.5 Å². The quantitative estimate of drug-likeness (QED) is 0.746. The topological polar surface area (TPSA) is 37.8 Å². The molecule has 0 atom stereocenters. The molecule has 0 saturated carbocycles. The highest BCUT2D eigenvalue weighted by molar-refractivity contribution is 5.24. The molecule has 0 aliphatic carbocycles. The number of anilines is 1. The van der Waals surface area contributed by atoms with Crippen molar-refractivity contribution in [1.29, 1.82) is 0 Å². The molecule has 0 saturated heterocycles. The normalized spacial score (nSPS) is 9.83. The molecule has 0 fully saturated rings. The second kappa shape index (κ2) is 4.64. The fourth-order valence-electron chi connectivity index (χ4n) is 0.792. The Labute approximate surface area is 71.0 Å². The Morgan fingerprint density at radius 3 is 3.08 bits per heavy atom. The lowest BCUT2D eigenvalue weighted by Crippen LogP contribution is -2.04. The summed E-state index contributed by atoms with van der Waals surface area (Å²) in [7, 11) is 0. The lowest BCUT2D eigenvalue weighted by molar-refractivity contribution is 0.475. The van der Waals surface area contributed by atoms with Crippen molar-refractivity contribution in [3.63, 3.8) is 0 Å². The first-order chi connectivity index (χ1) is 5.86. The van der Waals surface area contributed by atoms with E-state index >= 15 is 0 Å². The molecule has 1 heterocycles. The van der Waals surface area contributed by atoms with Gasteiger partial charge in [-0.3, -0.25) is 0 Å². The van der Waals surface area contributed by atoms with Crippen LogP contribution in [0.2, 0.25) is 0 Å². The number of nitrogens with one attached hydrogen (secondary N) is 1. The van der Waals surface area contributed by atoms with Crippen LogP contribution in [0.5, 0.6) is 0 Å². The Morgan fingerprint density at radius 1 is 1.58 bits per heavy atom. The SMILES string of the molecule is CCCNc1nccc(CF)n1. The number of aromatic nitrogens is 2. The molecule has 1 rings (SSSR count). The molecule has 0 aromatic carbocycles. The Balaban J connectivity index is 2.60. The fourth-order valence-corrected chi connectivity index (χ4v) is 0.792. The summed E-state index contributed by atoms with van der Waals surface area (Å²) in [6.45, 7) is 2.32. The van der Waals surface area contributed by atoms with E-state index in [1.54, 1.807) is 12.3 Å². The molecule has 1 N–H and O–H groups in total. The minimum absolute atomic E-state index is 0.420. The van der Waals surface area contributed by atoms with Gasteiger partial charge in [-0.2, -0.15) is 0 Å². The van der Waals surface area contributed by atoms with Gasteiger partial charge in [0, 0.05) is 12.7 Å². The highest BCUT2D eigenvalue weighted by Gasteiger charge is 1.96. The molecule has 0 radical (unpaired) electrons. The van der Waals surface area contributed by atoms with Crippen LogP contribution in [0.3, 0.4) is 0 Å². The van der Waals surface area contributed by atoms with Crippen molar-refractivity contribution in [2.45, 2.75) is 20.0 Å². The maximum atomic E-state index is 12.1. The smallest absolute Gasteiger partial charge is 0.222 e. The third kappa shape index (κ3) is 2.45. The maximum Gasteiger partial charge on any atom is 0.222 e. The molecule has 3 nitrogen and oxygen atoms in total. The number of hydrogen-bond acceptors (Lipinski definition) is 3. The first-order valence-corrected chi connectivity index (χ1v) is 3.98. The predicted octanol–water partition coefficient (Wildman–Crippen LogP) is 1.77. The van der Waals surface area contributed by atoms with Gasteiger partial charge in [0.2, 0.25) is 5.95 Å². The second-order valence-corrected chi connectivity index (χ2v) is 2.43. The molecular formula is C8H12FN3. The predicted molar refractivity (Wildman–Crippen MR) is 45.6 cm³/mol. The minimum atomic E-state index is -0.538. The molecule has 0 unspecified atom stereocenters. The van der Waals surface area contributed by atoms with Crippen LogP contribution < -0.4 is 5.32 Å². The Hall–Kier alpha value is -1.19. The summed E-state index contributed by atoms with van der Waals surface area (Å²) in [6, 6.07) is 1.57. The van der Waals surface area contributed by atoms with Gasteiger partial charge >= 0.3 is 0 Å². The lowest BCUT2D eigenvalue weighted by Gasteiger charge is -2.02. The summed E-state index contributed by atoms with van der Waals surface area (Å²) < 4.78 is 12.1. The third-order valence-corrected chi connectivity index (χ3v) is 1.38. The van der Waals surface area contributed by atoms with Crippen molar-refractivity contribution in [3.8, 4) is 0 Å². The molecule has 4 heteroatoms. The fraction of sp³-hybridized carbons (Fsp3) is 0.500. The summed E-state index contributed by atoms with van der Waals surface area (Å²) >= 11 is 0. The Kier molecular flexibility index (Phi) is 3.44. The summed E-state index contributed by atoms with van der Waals surface area (Å²) in [4.78, 5) is 7.87. The summed E-state index contributed by atoms with van der Waals surface area (Å²) in [5.41, 5.74) is 0.420. The summed E-state index contributed by atoms with van der Waals surface area (Å²) in [6.07, 6.45) is 2.56. The maximum absolute atomic E-state index is 12.1. The van der Waals surface area contributed by atoms with E-state index in [0.29, 0.717) is 11.6 Å². The van der Waals surface area contributed by atoms with E-state index < -0.39 is 6.67 Å². The second-order valence-electron chi connectivity index (χ2n) is 2.43. The van der Waals surface area contributed by atoms with Crippen LogP contribution in [-0.2, 0) is 6.67 Å². The molecule has 0 spiro atoms. The van der Waals surface area contributed by atoms with Crippen molar-refractivity contribution < 1.29 is 4.39 Å². The van der Waals surface area contributed by atoms with Gasteiger partial charge in [-0.25, -0.2) is 14.4 Å². The van der Waals surface area contributed by atoms with Gasteiger partial charge in [0.15, 0.2) is 0 Å². The summed E-state index contributed by atoms with van der Waals surface area (Å²) in [5.74, 6) is 0.506. The van der Waals surface area contributed by atoms with Gasteiger partial charge in [-0.15, -0.1) is 0 Å². The zero-order valence-corrected chi connectivity index (χ0v) is 7.05. The molecule has 1 aromatic rings. The lowest BCUT2D eigenvalue weighted by atomic mass is 10.4. The van der Waals surface area contributed by atoms with Gasteiger partial charge < -0.3 is 5.32 Å². The molecule has 0 aliphatic heterocycles. The molecule has 1 aromatic heterocycles. The van der Waals surface area contributed by atoms with Gasteiger partial charge in [0.05, 0.1) is 5.69 Å². The van der Waals surface area contributed by atoms with Crippen LogP contribution in [0.1, 0.15) is 19.0 Å². The first kappa shape index (κ1) is 8.90. The standard InChI is InChI=1S/C8H12FN3/c1-2-4-10-8-11-5-3-7(6-9)12-8/h3,5H,2,4,6H2,1H3,(H,10,11,12). The highest BCUT2D eigenvalue weighted by Crippen LogP contribution is 2.01. The molecule has 0 bridgehead atoms. The van der Waals surface area contributed by atoms with Crippen LogP contribution in [0.15, 0.2) is 12.3 Å². The number of nitrogens with zero attached hydrogens (tertiary/aromatic N) is 2. The molecule has 12 heavy (non-hydrogen) atoms. The van der Waals surface area contributed by atoms with E-state index in [4.69, 9.17) is 0 Å². The van der Waals surface area contributed by atoms with Crippen LogP contribution >= 0.6 is 0 Å². The molecule has 0 aliphatic rings. The number of rotatable bonds is 4. The van der Waals surface area contributed by atoms with E-state index in [9.17, 15) is 4.39 Å². The van der Waals surface area contributed by atoms with Crippen LogP contribution in [0.25, 0.3) is 0 Å². The average molecular weight is 169 g/mol. The first-order valence-electron chi connectivity index (χ1n) is 3.98. The molecule has 66 valence electrons. The van der Waals surface area contributed by atoms with Crippen LogP contribution in [0, 0.1) is 0 Å². The Morgan fingerprint density at radius 2 is 2.42 bits per heavy atom. The zero-order valence-electron chi connectivity index (χ0n) is 7.05. The zero-order chi connectivity index (χ0) is 8.81. The molecular weight excluding hydrogens is 157 g/mol. The Bertz CT molecular complexity index is 239. The van der Waals surface area contributed by atoms with E-state index in [1.165, 1.54) is 0 Å². The minimum Gasteiger partial charge on any atom is -0.354 e. The molecule has 0 amide bonds. The van der Waals surface area contributed by atoms with Crippen molar-refractivity contribution in [1.82, 2.24) is 9.97 Å². The monoisotopic (exact) mass is 169 g/mol. The van der Waals surface area contributed by atoms with Crippen molar-refractivity contribution in [2.75, 3.05) is 11.9 Å².